The zero-order valence-electron chi connectivity index (χ0n) is 20.9. The lowest BCUT2D eigenvalue weighted by molar-refractivity contribution is -0.127. The third kappa shape index (κ3) is 5.35. The fourth-order valence-electron chi connectivity index (χ4n) is 3.98. The molecule has 1 atom stereocenters. The smallest absolute Gasteiger partial charge is 0.254 e. The minimum absolute atomic E-state index is 0.0777. The highest BCUT2D eigenvalue weighted by atomic mass is 16.5. The van der Waals surface area contributed by atoms with Crippen LogP contribution in [0.5, 0.6) is 5.75 Å². The minimum Gasteiger partial charge on any atom is -0.497 e. The normalized spacial score (nSPS) is 12.7. The van der Waals surface area contributed by atoms with Gasteiger partial charge in [-0.1, -0.05) is 6.07 Å². The van der Waals surface area contributed by atoms with Crippen LogP contribution in [0.4, 0.5) is 0 Å². The number of nitrogens with one attached hydrogen (secondary N) is 2. The van der Waals surface area contributed by atoms with E-state index in [1.54, 1.807) is 62.6 Å². The summed E-state index contributed by atoms with van der Waals surface area (Å²) in [4.78, 5) is 44.1. The van der Waals surface area contributed by atoms with Gasteiger partial charge in [-0.25, -0.2) is 4.98 Å². The highest BCUT2D eigenvalue weighted by Gasteiger charge is 2.24. The van der Waals surface area contributed by atoms with Gasteiger partial charge in [-0.05, 0) is 42.9 Å². The molecule has 0 saturated carbocycles. The summed E-state index contributed by atoms with van der Waals surface area (Å²) in [7, 11) is 4.99. The van der Waals surface area contributed by atoms with E-state index in [2.05, 4.69) is 20.6 Å². The van der Waals surface area contributed by atoms with E-state index in [0.29, 0.717) is 46.6 Å². The Hall–Kier alpha value is -5.08. The number of benzene rings is 1. The molecule has 0 saturated heterocycles. The van der Waals surface area contributed by atoms with Gasteiger partial charge in [0.2, 0.25) is 6.41 Å². The van der Waals surface area contributed by atoms with Gasteiger partial charge in [0.25, 0.3) is 11.8 Å². The third-order valence-corrected chi connectivity index (χ3v) is 5.89. The molecule has 192 valence electrons. The Morgan fingerprint density at radius 2 is 2.05 bits per heavy atom. The van der Waals surface area contributed by atoms with Crippen LogP contribution in [0.1, 0.15) is 33.3 Å². The quantitative estimate of drug-likeness (QED) is 0.372. The van der Waals surface area contributed by atoms with Crippen LogP contribution in [-0.4, -0.2) is 54.3 Å². The third-order valence-electron chi connectivity index (χ3n) is 5.89. The maximum absolute atomic E-state index is 11.9. The molecule has 11 heteroatoms. The zero-order valence-corrected chi connectivity index (χ0v) is 20.9. The first-order valence-corrected chi connectivity index (χ1v) is 11.5. The number of hydrogen-bond acceptors (Lipinski definition) is 9. The zero-order chi connectivity index (χ0) is 27.2. The molecule has 4 heterocycles. The average Bonchev–Trinajstić information content (AvgIpc) is 3.48. The first kappa shape index (κ1) is 26.0. The van der Waals surface area contributed by atoms with Gasteiger partial charge in [-0.15, -0.1) is 0 Å². The van der Waals surface area contributed by atoms with E-state index in [1.165, 1.54) is 6.20 Å². The Balaban J connectivity index is 0.000000216. The Morgan fingerprint density at radius 1 is 1.24 bits per heavy atom. The average molecular weight is 513 g/mol. The van der Waals surface area contributed by atoms with Crippen LogP contribution in [0.3, 0.4) is 0 Å². The molecule has 0 aliphatic carbocycles. The van der Waals surface area contributed by atoms with E-state index < -0.39 is 11.9 Å². The molecule has 1 aliphatic rings. The number of carbonyl (C=O) groups excluding carboxylic acids is 3. The lowest BCUT2D eigenvalue weighted by Gasteiger charge is -2.10. The van der Waals surface area contributed by atoms with Crippen LogP contribution >= 0.6 is 0 Å². The predicted octanol–water partition coefficient (Wildman–Crippen LogP) is 2.58. The number of hydrogen-bond donors (Lipinski definition) is 2. The van der Waals surface area contributed by atoms with Crippen molar-refractivity contribution in [2.75, 3.05) is 21.2 Å². The predicted molar refractivity (Wildman–Crippen MR) is 137 cm³/mol. The van der Waals surface area contributed by atoms with Gasteiger partial charge in [-0.3, -0.25) is 24.7 Å². The molecular formula is C27H24N6O5. The van der Waals surface area contributed by atoms with E-state index in [-0.39, 0.29) is 5.91 Å². The molecule has 2 N–H and O–H groups in total. The number of pyridine rings is 2. The van der Waals surface area contributed by atoms with Crippen molar-refractivity contribution in [3.63, 3.8) is 0 Å². The Labute approximate surface area is 218 Å². The topological polar surface area (TPSA) is 150 Å². The molecule has 3 amide bonds. The summed E-state index contributed by atoms with van der Waals surface area (Å²) >= 11 is 0. The summed E-state index contributed by atoms with van der Waals surface area (Å²) < 4.78 is 10.7. The van der Waals surface area contributed by atoms with Crippen molar-refractivity contribution in [3.8, 4) is 23.1 Å². The van der Waals surface area contributed by atoms with Crippen molar-refractivity contribution in [3.05, 3.63) is 77.3 Å². The van der Waals surface area contributed by atoms with Crippen LogP contribution in [-0.2, 0) is 16.1 Å². The Kier molecular flexibility index (Phi) is 7.74. The number of amides is 3. The van der Waals surface area contributed by atoms with Crippen LogP contribution in [0.25, 0.3) is 22.4 Å². The molecule has 0 bridgehead atoms. The largest absolute Gasteiger partial charge is 0.497 e. The summed E-state index contributed by atoms with van der Waals surface area (Å²) in [5, 5.41) is 13.8. The van der Waals surface area contributed by atoms with Crippen LogP contribution in [0, 0.1) is 11.3 Å². The number of furan rings is 1. The molecule has 11 nitrogen and oxygen atoms in total. The van der Waals surface area contributed by atoms with Gasteiger partial charge in [0.15, 0.2) is 5.58 Å². The number of aromatic nitrogens is 2. The molecule has 5 rings (SSSR count). The highest BCUT2D eigenvalue weighted by molar-refractivity contribution is 5.98. The Morgan fingerprint density at radius 3 is 2.76 bits per heavy atom. The fraction of sp³-hybridized carbons (Fsp3) is 0.185. The molecule has 3 aromatic heterocycles. The van der Waals surface area contributed by atoms with Crippen LogP contribution in [0.2, 0.25) is 0 Å². The van der Waals surface area contributed by atoms with Gasteiger partial charge in [0.05, 0.1) is 18.4 Å². The number of likely N-dealkylation sites (N-methyl/N-ethyl adjacent to an activating group) is 1. The number of fused-ring (bicyclic) bond motifs is 2. The first-order chi connectivity index (χ1) is 18.4. The van der Waals surface area contributed by atoms with Crippen molar-refractivity contribution in [2.45, 2.75) is 12.6 Å². The molecule has 4 aromatic rings. The molecule has 1 aromatic carbocycles. The second kappa shape index (κ2) is 11.3. The highest BCUT2D eigenvalue weighted by Crippen LogP contribution is 2.27. The summed E-state index contributed by atoms with van der Waals surface area (Å²) in [5.74, 6) is 0.629. The van der Waals surface area contributed by atoms with Gasteiger partial charge < -0.3 is 19.4 Å². The molecule has 1 unspecified atom stereocenters. The lowest BCUT2D eigenvalue weighted by Crippen LogP contribution is -2.34. The van der Waals surface area contributed by atoms with Crippen molar-refractivity contribution < 1.29 is 23.5 Å². The van der Waals surface area contributed by atoms with Gasteiger partial charge in [-0.2, -0.15) is 5.26 Å². The SMILES string of the molecule is CNC(C(=O)NC=O)c1cc2nc(-c3cncc(C#N)c3)ccc2o1.COc1ccc2c(c1)C(=O)N(C)C2. The maximum atomic E-state index is 11.9. The number of ether oxygens (including phenoxy) is 1. The molecule has 38 heavy (non-hydrogen) atoms. The van der Waals surface area contributed by atoms with E-state index in [1.807, 2.05) is 18.2 Å². The number of carbonyl (C=O) groups is 3. The monoisotopic (exact) mass is 512 g/mol. The van der Waals surface area contributed by atoms with Crippen molar-refractivity contribution in [1.29, 1.82) is 5.26 Å². The van der Waals surface area contributed by atoms with E-state index >= 15 is 0 Å². The molecular weight excluding hydrogens is 488 g/mol. The number of nitriles is 1. The van der Waals surface area contributed by atoms with Gasteiger partial charge >= 0.3 is 0 Å². The number of nitrogens with zero attached hydrogens (tertiary/aromatic N) is 4. The summed E-state index contributed by atoms with van der Waals surface area (Å²) in [5.41, 5.74) is 4.66. The standard InChI is InChI=1S/C17H13N5O3.C10H11NO2/c1-19-16(17(24)21-9-23)15-5-13-14(25-15)3-2-12(22-13)11-4-10(6-18)7-20-8-11;1-11-6-7-3-4-8(13-2)5-9(7)10(11)12/h2-5,7-9,16,19H,1H3,(H,21,23,24);3-5H,6H2,1-2H3. The summed E-state index contributed by atoms with van der Waals surface area (Å²) in [6.07, 6.45) is 3.41. The van der Waals surface area contributed by atoms with E-state index in [4.69, 9.17) is 14.4 Å². The summed E-state index contributed by atoms with van der Waals surface area (Å²) in [6.45, 7) is 0.707. The Bertz CT molecular complexity index is 1560. The second-order valence-electron chi connectivity index (χ2n) is 8.34. The fourth-order valence-corrected chi connectivity index (χ4v) is 3.98. The molecule has 0 radical (unpaired) electrons. The van der Waals surface area contributed by atoms with Crippen molar-refractivity contribution in [1.82, 2.24) is 25.5 Å². The molecule has 0 spiro atoms. The van der Waals surface area contributed by atoms with E-state index in [9.17, 15) is 14.4 Å². The number of methoxy groups -OCH3 is 1. The van der Waals surface area contributed by atoms with Gasteiger partial charge in [0, 0.05) is 43.2 Å². The summed E-state index contributed by atoms with van der Waals surface area (Å²) in [6, 6.07) is 13.6. The molecule has 0 fully saturated rings. The maximum Gasteiger partial charge on any atom is 0.254 e. The van der Waals surface area contributed by atoms with Crippen molar-refractivity contribution in [2.24, 2.45) is 0 Å². The van der Waals surface area contributed by atoms with Crippen LogP contribution < -0.4 is 15.4 Å². The van der Waals surface area contributed by atoms with Gasteiger partial charge in [0.1, 0.15) is 29.1 Å². The minimum atomic E-state index is -0.813. The van der Waals surface area contributed by atoms with Crippen LogP contribution in [0.15, 0.2) is 59.3 Å². The second-order valence-corrected chi connectivity index (χ2v) is 8.34. The first-order valence-electron chi connectivity index (χ1n) is 11.5. The molecule has 1 aliphatic heterocycles. The lowest BCUT2D eigenvalue weighted by atomic mass is 10.1. The van der Waals surface area contributed by atoms with E-state index in [0.717, 1.165) is 16.9 Å². The number of imide groups is 1. The van der Waals surface area contributed by atoms with Crippen molar-refractivity contribution >= 4 is 29.3 Å². The number of rotatable bonds is 6.